The first-order chi connectivity index (χ1) is 8.43. The molecule has 3 heterocycles. The van der Waals surface area contributed by atoms with Crippen molar-refractivity contribution in [3.05, 3.63) is 5.82 Å². The van der Waals surface area contributed by atoms with Crippen LogP contribution in [-0.4, -0.2) is 54.6 Å². The van der Waals surface area contributed by atoms with E-state index in [0.717, 1.165) is 64.0 Å². The van der Waals surface area contributed by atoms with Crippen molar-refractivity contribution in [2.75, 3.05) is 44.3 Å². The summed E-state index contributed by atoms with van der Waals surface area (Å²) >= 11 is 0. The molecule has 2 aliphatic heterocycles. The predicted octanol–water partition coefficient (Wildman–Crippen LogP) is 0.108. The van der Waals surface area contributed by atoms with Crippen LogP contribution in [0.5, 0.6) is 0 Å². The number of aromatic amines is 1. The van der Waals surface area contributed by atoms with Crippen molar-refractivity contribution in [3.8, 4) is 0 Å². The lowest BCUT2D eigenvalue weighted by Crippen LogP contribution is -2.28. The van der Waals surface area contributed by atoms with Gasteiger partial charge in [0.25, 0.3) is 0 Å². The molecule has 0 amide bonds. The minimum Gasteiger partial charge on any atom is -0.381 e. The maximum Gasteiger partial charge on any atom is 0.244 e. The van der Waals surface area contributed by atoms with Gasteiger partial charge in [0.15, 0.2) is 0 Å². The van der Waals surface area contributed by atoms with E-state index in [1.807, 2.05) is 0 Å². The second-order valence-corrected chi connectivity index (χ2v) is 4.67. The number of ether oxygens (including phenoxy) is 1. The minimum atomic E-state index is 0.404. The van der Waals surface area contributed by atoms with Gasteiger partial charge in [0.05, 0.1) is 6.61 Å². The smallest absolute Gasteiger partial charge is 0.244 e. The Hall–Kier alpha value is -1.14. The zero-order valence-corrected chi connectivity index (χ0v) is 9.98. The van der Waals surface area contributed by atoms with Crippen LogP contribution in [0.25, 0.3) is 0 Å². The SMILES string of the molecule is C1CNCCN(c2n[nH]c(C3CCOC3)n2)C1. The summed E-state index contributed by atoms with van der Waals surface area (Å²) in [5.41, 5.74) is 0. The van der Waals surface area contributed by atoms with Crippen LogP contribution in [0.15, 0.2) is 0 Å². The van der Waals surface area contributed by atoms with Crippen LogP contribution in [0.4, 0.5) is 5.95 Å². The molecule has 1 atom stereocenters. The average Bonchev–Trinajstić information content (AvgIpc) is 2.95. The van der Waals surface area contributed by atoms with Crippen molar-refractivity contribution in [1.82, 2.24) is 20.5 Å². The van der Waals surface area contributed by atoms with Crippen molar-refractivity contribution >= 4 is 5.95 Å². The molecule has 1 aromatic rings. The van der Waals surface area contributed by atoms with E-state index >= 15 is 0 Å². The van der Waals surface area contributed by atoms with Crippen LogP contribution >= 0.6 is 0 Å². The van der Waals surface area contributed by atoms with Gasteiger partial charge in [0.2, 0.25) is 5.95 Å². The number of nitrogens with one attached hydrogen (secondary N) is 2. The first-order valence-corrected chi connectivity index (χ1v) is 6.39. The third-order valence-corrected chi connectivity index (χ3v) is 3.43. The molecule has 1 unspecified atom stereocenters. The van der Waals surface area contributed by atoms with Crippen LogP contribution in [0.1, 0.15) is 24.6 Å². The predicted molar refractivity (Wildman–Crippen MR) is 64.3 cm³/mol. The highest BCUT2D eigenvalue weighted by Gasteiger charge is 2.22. The topological polar surface area (TPSA) is 66.1 Å². The molecular weight excluding hydrogens is 218 g/mol. The van der Waals surface area contributed by atoms with E-state index in [9.17, 15) is 0 Å². The summed E-state index contributed by atoms with van der Waals surface area (Å²) in [6.45, 7) is 5.73. The van der Waals surface area contributed by atoms with Gasteiger partial charge >= 0.3 is 0 Å². The van der Waals surface area contributed by atoms with E-state index in [2.05, 4.69) is 25.4 Å². The van der Waals surface area contributed by atoms with Gasteiger partial charge in [-0.25, -0.2) is 0 Å². The van der Waals surface area contributed by atoms with E-state index < -0.39 is 0 Å². The molecule has 0 aliphatic carbocycles. The molecule has 2 N–H and O–H groups in total. The number of hydrogen-bond donors (Lipinski definition) is 2. The van der Waals surface area contributed by atoms with Gasteiger partial charge in [-0.05, 0) is 19.4 Å². The minimum absolute atomic E-state index is 0.404. The fraction of sp³-hybridized carbons (Fsp3) is 0.818. The molecule has 2 saturated heterocycles. The monoisotopic (exact) mass is 237 g/mol. The fourth-order valence-electron chi connectivity index (χ4n) is 2.38. The summed E-state index contributed by atoms with van der Waals surface area (Å²) in [6.07, 6.45) is 2.20. The van der Waals surface area contributed by atoms with Crippen molar-refractivity contribution in [1.29, 1.82) is 0 Å². The molecule has 0 radical (unpaired) electrons. The van der Waals surface area contributed by atoms with Crippen LogP contribution in [0.3, 0.4) is 0 Å². The van der Waals surface area contributed by atoms with Gasteiger partial charge in [-0.3, -0.25) is 5.10 Å². The van der Waals surface area contributed by atoms with Crippen molar-refractivity contribution in [2.45, 2.75) is 18.8 Å². The Morgan fingerprint density at radius 2 is 2.29 bits per heavy atom. The molecule has 0 saturated carbocycles. The Kier molecular flexibility index (Phi) is 3.24. The molecule has 2 aliphatic rings. The molecule has 94 valence electrons. The standard InChI is InChI=1S/C11H19N5O/c1-3-12-4-6-16(5-1)11-13-10(14-15-11)9-2-7-17-8-9/h9,12H,1-8H2,(H,13,14,15). The fourth-order valence-corrected chi connectivity index (χ4v) is 2.38. The maximum atomic E-state index is 5.37. The van der Waals surface area contributed by atoms with Gasteiger partial charge in [-0.1, -0.05) is 0 Å². The Bertz CT molecular complexity index is 352. The Morgan fingerprint density at radius 3 is 3.18 bits per heavy atom. The highest BCUT2D eigenvalue weighted by molar-refractivity contribution is 5.29. The maximum absolute atomic E-state index is 5.37. The zero-order chi connectivity index (χ0) is 11.5. The van der Waals surface area contributed by atoms with Gasteiger partial charge in [-0.15, -0.1) is 5.10 Å². The lowest BCUT2D eigenvalue weighted by atomic mass is 10.1. The molecule has 0 spiro atoms. The van der Waals surface area contributed by atoms with Crippen LogP contribution in [-0.2, 0) is 4.74 Å². The van der Waals surface area contributed by atoms with Gasteiger partial charge in [0, 0.05) is 32.2 Å². The molecule has 2 fully saturated rings. The number of nitrogens with zero attached hydrogens (tertiary/aromatic N) is 3. The van der Waals surface area contributed by atoms with E-state index in [1.54, 1.807) is 0 Å². The molecule has 0 aromatic carbocycles. The number of hydrogen-bond acceptors (Lipinski definition) is 5. The molecule has 17 heavy (non-hydrogen) atoms. The van der Waals surface area contributed by atoms with E-state index in [0.29, 0.717) is 5.92 Å². The second-order valence-electron chi connectivity index (χ2n) is 4.67. The first kappa shape index (κ1) is 11.0. The molecule has 1 aromatic heterocycles. The molecule has 6 nitrogen and oxygen atoms in total. The molecule has 6 heteroatoms. The third-order valence-electron chi connectivity index (χ3n) is 3.43. The summed E-state index contributed by atoms with van der Waals surface area (Å²) in [5.74, 6) is 2.23. The summed E-state index contributed by atoms with van der Waals surface area (Å²) in [7, 11) is 0. The Morgan fingerprint density at radius 1 is 1.29 bits per heavy atom. The van der Waals surface area contributed by atoms with E-state index in [1.165, 1.54) is 0 Å². The lowest BCUT2D eigenvalue weighted by molar-refractivity contribution is 0.193. The van der Waals surface area contributed by atoms with Gasteiger partial charge in [0.1, 0.15) is 5.82 Å². The number of H-pyrrole nitrogens is 1. The van der Waals surface area contributed by atoms with Gasteiger partial charge < -0.3 is 15.0 Å². The summed E-state index contributed by atoms with van der Waals surface area (Å²) in [4.78, 5) is 6.85. The molecule has 0 bridgehead atoms. The average molecular weight is 237 g/mol. The third kappa shape index (κ3) is 2.42. The molecule has 3 rings (SSSR count). The van der Waals surface area contributed by atoms with Crippen molar-refractivity contribution < 1.29 is 4.74 Å². The summed E-state index contributed by atoms with van der Waals surface area (Å²) in [6, 6.07) is 0. The summed E-state index contributed by atoms with van der Waals surface area (Å²) < 4.78 is 5.37. The molecular formula is C11H19N5O. The number of rotatable bonds is 2. The normalized spacial score (nSPS) is 26.1. The largest absolute Gasteiger partial charge is 0.381 e. The Balaban J connectivity index is 1.70. The first-order valence-electron chi connectivity index (χ1n) is 6.39. The number of anilines is 1. The Labute approximate surface area is 101 Å². The van der Waals surface area contributed by atoms with Crippen molar-refractivity contribution in [3.63, 3.8) is 0 Å². The lowest BCUT2D eigenvalue weighted by Gasteiger charge is -2.17. The highest BCUT2D eigenvalue weighted by Crippen LogP contribution is 2.23. The number of aromatic nitrogens is 3. The quantitative estimate of drug-likeness (QED) is 0.764. The zero-order valence-electron chi connectivity index (χ0n) is 9.98. The summed E-state index contributed by atoms with van der Waals surface area (Å²) in [5, 5.41) is 10.8. The second kappa shape index (κ2) is 5.01. The van der Waals surface area contributed by atoms with Crippen LogP contribution < -0.4 is 10.2 Å². The van der Waals surface area contributed by atoms with Crippen molar-refractivity contribution in [2.24, 2.45) is 0 Å². The van der Waals surface area contributed by atoms with Crippen LogP contribution in [0.2, 0.25) is 0 Å². The van der Waals surface area contributed by atoms with Crippen LogP contribution in [0, 0.1) is 0 Å². The van der Waals surface area contributed by atoms with E-state index in [-0.39, 0.29) is 0 Å². The van der Waals surface area contributed by atoms with Gasteiger partial charge in [-0.2, -0.15) is 4.98 Å². The van der Waals surface area contributed by atoms with E-state index in [4.69, 9.17) is 4.74 Å². The highest BCUT2D eigenvalue weighted by atomic mass is 16.5.